The van der Waals surface area contributed by atoms with Gasteiger partial charge in [0, 0.05) is 43.5 Å². The highest BCUT2D eigenvalue weighted by Crippen LogP contribution is 2.33. The number of nitrogens with one attached hydrogen (secondary N) is 1. The lowest BCUT2D eigenvalue weighted by molar-refractivity contribution is -0.140. The molecule has 10 nitrogen and oxygen atoms in total. The van der Waals surface area contributed by atoms with E-state index in [1.807, 2.05) is 36.4 Å². The Balaban J connectivity index is 1.20. The lowest BCUT2D eigenvalue weighted by Crippen LogP contribution is -2.50. The smallest absolute Gasteiger partial charge is 0.256 e. The van der Waals surface area contributed by atoms with Crippen LogP contribution in [0.3, 0.4) is 0 Å². The topological polar surface area (TPSA) is 112 Å². The molecule has 1 amide bonds. The number of pyridine rings is 2. The number of hydrogen-bond acceptors (Lipinski definition) is 7. The van der Waals surface area contributed by atoms with Crippen molar-refractivity contribution in [3.05, 3.63) is 72.7 Å². The molecule has 0 bridgehead atoms. The number of hydrogen-bond donors (Lipinski definition) is 2. The molecule has 5 aromatic rings. The predicted octanol–water partition coefficient (Wildman–Crippen LogP) is 3.00. The van der Waals surface area contributed by atoms with Crippen molar-refractivity contribution in [1.82, 2.24) is 29.7 Å². The van der Waals surface area contributed by atoms with Crippen LogP contribution in [0.1, 0.15) is 11.7 Å². The lowest BCUT2D eigenvalue weighted by Gasteiger charge is -2.36. The third-order valence-electron chi connectivity index (χ3n) is 6.77. The molecule has 2 N–H and O–H groups in total. The van der Waals surface area contributed by atoms with Crippen molar-refractivity contribution in [1.29, 1.82) is 0 Å². The summed E-state index contributed by atoms with van der Waals surface area (Å²) in [5.41, 5.74) is 3.78. The summed E-state index contributed by atoms with van der Waals surface area (Å²) in [7, 11) is 0. The van der Waals surface area contributed by atoms with Crippen LogP contribution in [0, 0.1) is 0 Å². The molecule has 6 rings (SSSR count). The average Bonchev–Trinajstić information content (AvgIpc) is 3.57. The molecule has 194 valence electrons. The molecular formula is C27H26FN7O3. The highest BCUT2D eigenvalue weighted by atomic mass is 19.1. The fraction of sp³-hybridized carbons (Fsp3) is 0.259. The summed E-state index contributed by atoms with van der Waals surface area (Å²) < 4.78 is 20.0. The van der Waals surface area contributed by atoms with Gasteiger partial charge in [-0.2, -0.15) is 5.10 Å². The number of amides is 1. The number of alkyl halides is 1. The van der Waals surface area contributed by atoms with Crippen molar-refractivity contribution in [2.45, 2.75) is 6.10 Å². The maximum Gasteiger partial charge on any atom is 0.256 e. The van der Waals surface area contributed by atoms with Crippen molar-refractivity contribution in [2.24, 2.45) is 0 Å². The zero-order chi connectivity index (χ0) is 26.1. The van der Waals surface area contributed by atoms with Gasteiger partial charge in [0.25, 0.3) is 5.91 Å². The molecule has 0 aliphatic carbocycles. The van der Waals surface area contributed by atoms with E-state index in [2.05, 4.69) is 20.2 Å². The summed E-state index contributed by atoms with van der Waals surface area (Å²) >= 11 is 0. The fourth-order valence-electron chi connectivity index (χ4n) is 4.83. The minimum atomic E-state index is -1.16. The standard InChI is InChI=1S/C27H26FN7O3/c28-8-13-38-20-14-21(24-22-16-30-31-26(22)32-35(24)17-20)19-6-7-23(29-15-19)33-9-11-34(12-10-33)27(37)25(36)18-4-2-1-3-5-18/h1-7,14-17,25,36H,8-13H2,(H,31,32). The molecule has 1 fully saturated rings. The summed E-state index contributed by atoms with van der Waals surface area (Å²) in [4.78, 5) is 21.3. The van der Waals surface area contributed by atoms with E-state index in [0.29, 0.717) is 43.1 Å². The van der Waals surface area contributed by atoms with Gasteiger partial charge in [0.2, 0.25) is 0 Å². The lowest BCUT2D eigenvalue weighted by atomic mass is 10.1. The van der Waals surface area contributed by atoms with E-state index in [1.165, 1.54) is 0 Å². The molecular weight excluding hydrogens is 489 g/mol. The summed E-state index contributed by atoms with van der Waals surface area (Å²) in [6.07, 6.45) is 4.08. The van der Waals surface area contributed by atoms with Gasteiger partial charge in [0.15, 0.2) is 11.8 Å². The van der Waals surface area contributed by atoms with Gasteiger partial charge >= 0.3 is 0 Å². The molecule has 1 aromatic carbocycles. The maximum atomic E-state index is 12.8. The number of benzene rings is 1. The van der Waals surface area contributed by atoms with Gasteiger partial charge < -0.3 is 19.6 Å². The van der Waals surface area contributed by atoms with E-state index in [9.17, 15) is 14.3 Å². The first-order chi connectivity index (χ1) is 18.6. The van der Waals surface area contributed by atoms with E-state index in [0.717, 1.165) is 27.8 Å². The Bertz CT molecular complexity index is 1560. The van der Waals surface area contributed by atoms with Gasteiger partial charge in [-0.1, -0.05) is 30.3 Å². The number of carbonyl (C=O) groups excluding carboxylic acids is 1. The molecule has 0 spiro atoms. The van der Waals surface area contributed by atoms with Gasteiger partial charge in [-0.05, 0) is 23.8 Å². The van der Waals surface area contributed by atoms with E-state index in [-0.39, 0.29) is 12.5 Å². The van der Waals surface area contributed by atoms with Crippen LogP contribution < -0.4 is 9.64 Å². The van der Waals surface area contributed by atoms with Crippen molar-refractivity contribution in [2.75, 3.05) is 44.4 Å². The number of aromatic nitrogens is 5. The normalized spacial score (nSPS) is 14.8. The molecule has 1 unspecified atom stereocenters. The third-order valence-corrected chi connectivity index (χ3v) is 6.77. The van der Waals surface area contributed by atoms with Gasteiger partial charge in [0.1, 0.15) is 24.8 Å². The molecule has 11 heteroatoms. The van der Waals surface area contributed by atoms with Crippen LogP contribution in [-0.2, 0) is 4.79 Å². The van der Waals surface area contributed by atoms with Gasteiger partial charge in [-0.3, -0.25) is 9.89 Å². The van der Waals surface area contributed by atoms with Crippen molar-refractivity contribution < 1.29 is 19.0 Å². The number of fused-ring (bicyclic) bond motifs is 3. The second-order valence-electron chi connectivity index (χ2n) is 9.08. The molecule has 0 radical (unpaired) electrons. The first kappa shape index (κ1) is 23.9. The van der Waals surface area contributed by atoms with Crippen molar-refractivity contribution >= 4 is 28.3 Å². The molecule has 1 saturated heterocycles. The van der Waals surface area contributed by atoms with Crippen LogP contribution in [0.4, 0.5) is 10.2 Å². The number of anilines is 1. The monoisotopic (exact) mass is 515 g/mol. The zero-order valence-electron chi connectivity index (χ0n) is 20.5. The van der Waals surface area contributed by atoms with Crippen LogP contribution in [0.25, 0.3) is 27.7 Å². The van der Waals surface area contributed by atoms with Crippen LogP contribution in [-0.4, -0.2) is 80.2 Å². The SMILES string of the molecule is O=C(C(O)c1ccccc1)N1CCN(c2ccc(-c3cc(OCCF)cn4nc5[nH]ncc5c34)cn2)CC1. The number of H-pyrrole nitrogens is 1. The number of ether oxygens (including phenoxy) is 1. The molecule has 38 heavy (non-hydrogen) atoms. The zero-order valence-corrected chi connectivity index (χ0v) is 20.5. The Labute approximate surface area is 217 Å². The molecule has 5 heterocycles. The van der Waals surface area contributed by atoms with Crippen molar-refractivity contribution in [3.63, 3.8) is 0 Å². The first-order valence-corrected chi connectivity index (χ1v) is 12.4. The number of aliphatic hydroxyl groups excluding tert-OH is 1. The molecule has 1 atom stereocenters. The third kappa shape index (κ3) is 4.41. The Morgan fingerprint density at radius 3 is 2.66 bits per heavy atom. The highest BCUT2D eigenvalue weighted by molar-refractivity contribution is 6.00. The minimum absolute atomic E-state index is 0.0420. The van der Waals surface area contributed by atoms with Crippen LogP contribution >= 0.6 is 0 Å². The first-order valence-electron chi connectivity index (χ1n) is 12.4. The molecule has 0 saturated carbocycles. The van der Waals surface area contributed by atoms with E-state index >= 15 is 0 Å². The Kier molecular flexibility index (Phi) is 6.34. The highest BCUT2D eigenvalue weighted by Gasteiger charge is 2.27. The minimum Gasteiger partial charge on any atom is -0.489 e. The van der Waals surface area contributed by atoms with Crippen LogP contribution in [0.2, 0.25) is 0 Å². The van der Waals surface area contributed by atoms with Crippen LogP contribution in [0.5, 0.6) is 5.75 Å². The Morgan fingerprint density at radius 2 is 1.92 bits per heavy atom. The fourth-order valence-corrected chi connectivity index (χ4v) is 4.83. The number of piperazine rings is 1. The molecule has 1 aliphatic heterocycles. The van der Waals surface area contributed by atoms with Gasteiger partial charge in [-0.15, -0.1) is 5.10 Å². The average molecular weight is 516 g/mol. The van der Waals surface area contributed by atoms with Gasteiger partial charge in [0.05, 0.1) is 23.3 Å². The second-order valence-corrected chi connectivity index (χ2v) is 9.08. The molecule has 1 aliphatic rings. The Hall–Kier alpha value is -4.51. The summed E-state index contributed by atoms with van der Waals surface area (Å²) in [5.74, 6) is 1.02. The summed E-state index contributed by atoms with van der Waals surface area (Å²) in [6, 6.07) is 14.8. The summed E-state index contributed by atoms with van der Waals surface area (Å²) in [6.45, 7) is 1.57. The van der Waals surface area contributed by atoms with E-state index in [1.54, 1.807) is 40.1 Å². The Morgan fingerprint density at radius 1 is 1.11 bits per heavy atom. The van der Waals surface area contributed by atoms with E-state index in [4.69, 9.17) is 9.72 Å². The maximum absolute atomic E-state index is 12.8. The van der Waals surface area contributed by atoms with E-state index < -0.39 is 12.8 Å². The number of aliphatic hydroxyl groups is 1. The number of carbonyl (C=O) groups is 1. The number of nitrogens with zero attached hydrogens (tertiary/aromatic N) is 6. The summed E-state index contributed by atoms with van der Waals surface area (Å²) in [5, 5.41) is 22.8. The van der Waals surface area contributed by atoms with Crippen LogP contribution in [0.15, 0.2) is 67.1 Å². The number of halogens is 1. The van der Waals surface area contributed by atoms with Crippen molar-refractivity contribution in [3.8, 4) is 16.9 Å². The largest absolute Gasteiger partial charge is 0.489 e. The molecule has 4 aromatic heterocycles. The quantitative estimate of drug-likeness (QED) is 0.343. The second kappa shape index (κ2) is 10.1. The predicted molar refractivity (Wildman–Crippen MR) is 140 cm³/mol. The van der Waals surface area contributed by atoms with Gasteiger partial charge in [-0.25, -0.2) is 13.9 Å². The number of aromatic amines is 1. The number of rotatable bonds is 7.